The van der Waals surface area contributed by atoms with E-state index >= 15 is 0 Å². The molecule has 0 spiro atoms. The third kappa shape index (κ3) is 2.57. The van der Waals surface area contributed by atoms with Gasteiger partial charge >= 0.3 is 0 Å². The molecule has 0 fully saturated rings. The summed E-state index contributed by atoms with van der Waals surface area (Å²) >= 11 is 0. The minimum absolute atomic E-state index is 0.466. The van der Waals surface area contributed by atoms with E-state index in [1.807, 2.05) is 24.3 Å². The normalized spacial score (nSPS) is 13.8. The lowest BCUT2D eigenvalue weighted by Gasteiger charge is -2.06. The predicted octanol–water partition coefficient (Wildman–Crippen LogP) is 2.95. The highest BCUT2D eigenvalue weighted by Gasteiger charge is 2.01. The van der Waals surface area contributed by atoms with Gasteiger partial charge in [-0.05, 0) is 36.6 Å². The van der Waals surface area contributed by atoms with Crippen molar-refractivity contribution in [3.8, 4) is 0 Å². The molecule has 1 aromatic carbocycles. The van der Waals surface area contributed by atoms with Crippen LogP contribution in [-0.4, -0.2) is 11.2 Å². The summed E-state index contributed by atoms with van der Waals surface area (Å²) in [5.41, 5.74) is 3.18. The molecule has 0 aliphatic heterocycles. The molecule has 14 heavy (non-hydrogen) atoms. The zero-order valence-electron chi connectivity index (χ0n) is 8.70. The number of aryl methyl sites for hydroxylation is 1. The van der Waals surface area contributed by atoms with Gasteiger partial charge in [0.2, 0.25) is 0 Å². The Morgan fingerprint density at radius 3 is 2.57 bits per heavy atom. The molecule has 0 saturated heterocycles. The summed E-state index contributed by atoms with van der Waals surface area (Å²) in [4.78, 5) is 0. The van der Waals surface area contributed by atoms with Crippen LogP contribution in [0.15, 0.2) is 42.5 Å². The number of hydrogen-bond donors (Lipinski definition) is 1. The Morgan fingerprint density at radius 2 is 2.07 bits per heavy atom. The van der Waals surface area contributed by atoms with Crippen molar-refractivity contribution in [1.29, 1.82) is 0 Å². The van der Waals surface area contributed by atoms with Crippen molar-refractivity contribution in [2.45, 2.75) is 20.0 Å². The second-order valence-electron chi connectivity index (χ2n) is 3.38. The van der Waals surface area contributed by atoms with Gasteiger partial charge in [0.1, 0.15) is 0 Å². The molecule has 0 aliphatic rings. The monoisotopic (exact) mass is 188 g/mol. The zero-order chi connectivity index (χ0) is 10.6. The van der Waals surface area contributed by atoms with Crippen LogP contribution < -0.4 is 0 Å². The van der Waals surface area contributed by atoms with Crippen LogP contribution in [0.2, 0.25) is 0 Å². The van der Waals surface area contributed by atoms with E-state index in [4.69, 9.17) is 0 Å². The average Bonchev–Trinajstić information content (AvgIpc) is 2.16. The molecule has 0 heterocycles. The van der Waals surface area contributed by atoms with Crippen molar-refractivity contribution in [3.63, 3.8) is 0 Å². The molecular weight excluding hydrogens is 172 g/mol. The Bertz CT molecular complexity index is 348. The van der Waals surface area contributed by atoms with Crippen molar-refractivity contribution in [3.05, 3.63) is 53.6 Å². The molecule has 1 heteroatoms. The third-order valence-electron chi connectivity index (χ3n) is 2.23. The van der Waals surface area contributed by atoms with E-state index in [1.165, 1.54) is 5.56 Å². The van der Waals surface area contributed by atoms with Gasteiger partial charge in [-0.1, -0.05) is 36.9 Å². The fraction of sp³-hybridized carbons (Fsp3) is 0.231. The Labute approximate surface area is 85.4 Å². The fourth-order valence-electron chi connectivity index (χ4n) is 1.28. The Morgan fingerprint density at radius 1 is 1.43 bits per heavy atom. The minimum Gasteiger partial charge on any atom is -0.389 e. The number of benzene rings is 1. The van der Waals surface area contributed by atoms with E-state index in [1.54, 1.807) is 13.0 Å². The second kappa shape index (κ2) is 4.77. The summed E-state index contributed by atoms with van der Waals surface area (Å²) < 4.78 is 0. The first-order valence-electron chi connectivity index (χ1n) is 4.73. The van der Waals surface area contributed by atoms with Gasteiger partial charge < -0.3 is 5.11 Å². The summed E-state index contributed by atoms with van der Waals surface area (Å²) in [5, 5.41) is 9.42. The average molecular weight is 188 g/mol. The van der Waals surface area contributed by atoms with Gasteiger partial charge in [0.15, 0.2) is 0 Å². The van der Waals surface area contributed by atoms with E-state index < -0.39 is 6.10 Å². The maximum atomic E-state index is 9.42. The van der Waals surface area contributed by atoms with Gasteiger partial charge in [0.05, 0.1) is 6.10 Å². The smallest absolute Gasteiger partial charge is 0.0761 e. The second-order valence-corrected chi connectivity index (χ2v) is 3.38. The number of rotatable bonds is 3. The molecule has 1 atom stereocenters. The van der Waals surface area contributed by atoms with E-state index in [0.29, 0.717) is 0 Å². The molecule has 0 amide bonds. The highest BCUT2D eigenvalue weighted by atomic mass is 16.3. The largest absolute Gasteiger partial charge is 0.389 e. The van der Waals surface area contributed by atoms with Crippen molar-refractivity contribution in [2.75, 3.05) is 0 Å². The molecule has 0 bridgehead atoms. The molecule has 0 aliphatic carbocycles. The maximum Gasteiger partial charge on any atom is 0.0761 e. The van der Waals surface area contributed by atoms with Crippen LogP contribution in [0, 0.1) is 6.92 Å². The Kier molecular flexibility index (Phi) is 3.66. The highest BCUT2D eigenvalue weighted by molar-refractivity contribution is 5.59. The van der Waals surface area contributed by atoms with Gasteiger partial charge in [-0.15, -0.1) is 0 Å². The Hall–Kier alpha value is -1.34. The fourth-order valence-corrected chi connectivity index (χ4v) is 1.28. The van der Waals surface area contributed by atoms with Crippen LogP contribution in [0.25, 0.3) is 6.08 Å². The van der Waals surface area contributed by atoms with Crippen LogP contribution in [0.3, 0.4) is 0 Å². The lowest BCUT2D eigenvalue weighted by molar-refractivity contribution is 0.236. The molecule has 74 valence electrons. The third-order valence-corrected chi connectivity index (χ3v) is 2.23. The number of hydrogen-bond acceptors (Lipinski definition) is 1. The first-order valence-corrected chi connectivity index (χ1v) is 4.73. The molecule has 1 nitrogen and oxygen atoms in total. The van der Waals surface area contributed by atoms with Crippen molar-refractivity contribution in [1.82, 2.24) is 0 Å². The van der Waals surface area contributed by atoms with E-state index in [2.05, 4.69) is 19.6 Å². The van der Waals surface area contributed by atoms with Crippen LogP contribution in [0.5, 0.6) is 0 Å². The highest BCUT2D eigenvalue weighted by Crippen LogP contribution is 2.14. The summed E-state index contributed by atoms with van der Waals surface area (Å²) in [6.45, 7) is 7.47. The van der Waals surface area contributed by atoms with Gasteiger partial charge in [0, 0.05) is 0 Å². The van der Waals surface area contributed by atoms with Crippen molar-refractivity contribution in [2.24, 2.45) is 0 Å². The lowest BCUT2D eigenvalue weighted by Crippen LogP contribution is -2.01. The topological polar surface area (TPSA) is 20.2 Å². The summed E-state index contributed by atoms with van der Waals surface area (Å²) in [7, 11) is 0. The van der Waals surface area contributed by atoms with Gasteiger partial charge in [-0.3, -0.25) is 0 Å². The molecule has 0 radical (unpaired) electrons. The summed E-state index contributed by atoms with van der Waals surface area (Å²) in [6.07, 6.45) is 3.19. The number of aliphatic hydroxyl groups is 1. The summed E-state index contributed by atoms with van der Waals surface area (Å²) in [5.74, 6) is 0. The standard InChI is InChI=1S/C13H16O/c1-4-12(11(3)14)9-13-8-6-5-7-10(13)2/h4-9,11,14H,1H2,2-3H3/b12-9+. The molecule has 1 N–H and O–H groups in total. The molecule has 1 rings (SSSR count). The predicted molar refractivity (Wildman–Crippen MR) is 61.0 cm³/mol. The van der Waals surface area contributed by atoms with Crippen LogP contribution in [0.1, 0.15) is 18.1 Å². The quantitative estimate of drug-likeness (QED) is 0.723. The number of aliphatic hydroxyl groups excluding tert-OH is 1. The van der Waals surface area contributed by atoms with Gasteiger partial charge in [0.25, 0.3) is 0 Å². The Balaban J connectivity index is 3.06. The molecule has 1 unspecified atom stereocenters. The van der Waals surface area contributed by atoms with Crippen LogP contribution in [-0.2, 0) is 0 Å². The summed E-state index contributed by atoms with van der Waals surface area (Å²) in [6, 6.07) is 8.07. The van der Waals surface area contributed by atoms with E-state index in [0.717, 1.165) is 11.1 Å². The molecule has 1 aromatic rings. The SMILES string of the molecule is C=C/C(=C\c1ccccc1C)C(C)O. The zero-order valence-corrected chi connectivity index (χ0v) is 8.70. The van der Waals surface area contributed by atoms with Crippen LogP contribution >= 0.6 is 0 Å². The van der Waals surface area contributed by atoms with Crippen molar-refractivity contribution >= 4 is 6.08 Å². The van der Waals surface area contributed by atoms with Crippen molar-refractivity contribution < 1.29 is 5.11 Å². The first kappa shape index (κ1) is 10.7. The van der Waals surface area contributed by atoms with E-state index in [9.17, 15) is 5.11 Å². The molecular formula is C13H16O. The van der Waals surface area contributed by atoms with Crippen LogP contribution in [0.4, 0.5) is 0 Å². The van der Waals surface area contributed by atoms with Gasteiger partial charge in [-0.25, -0.2) is 0 Å². The van der Waals surface area contributed by atoms with E-state index in [-0.39, 0.29) is 0 Å². The lowest BCUT2D eigenvalue weighted by atomic mass is 10.0. The molecule has 0 aromatic heterocycles. The maximum absolute atomic E-state index is 9.42. The molecule has 0 saturated carbocycles. The first-order chi connectivity index (χ1) is 6.65. The van der Waals surface area contributed by atoms with Gasteiger partial charge in [-0.2, -0.15) is 0 Å². The minimum atomic E-state index is -0.466.